The summed E-state index contributed by atoms with van der Waals surface area (Å²) in [5, 5.41) is 2.33. The second kappa shape index (κ2) is 8.22. The number of amides is 1. The highest BCUT2D eigenvalue weighted by Crippen LogP contribution is 2.25. The van der Waals surface area contributed by atoms with Gasteiger partial charge in [-0.25, -0.2) is 17.2 Å². The van der Waals surface area contributed by atoms with Gasteiger partial charge in [0.1, 0.15) is 11.6 Å². The molecule has 26 heavy (non-hydrogen) atoms. The van der Waals surface area contributed by atoms with Crippen molar-refractivity contribution in [1.29, 1.82) is 0 Å². The van der Waals surface area contributed by atoms with E-state index in [1.54, 1.807) is 19.2 Å². The summed E-state index contributed by atoms with van der Waals surface area (Å²) in [7, 11) is -3.75. The van der Waals surface area contributed by atoms with Crippen LogP contribution in [0.3, 0.4) is 0 Å². The molecule has 140 valence electrons. The zero-order valence-corrected chi connectivity index (χ0v) is 15.2. The number of halogens is 2. The van der Waals surface area contributed by atoms with Crippen molar-refractivity contribution in [1.82, 2.24) is 4.98 Å². The highest BCUT2D eigenvalue weighted by atomic mass is 32.2. The summed E-state index contributed by atoms with van der Waals surface area (Å²) >= 11 is 0. The van der Waals surface area contributed by atoms with Crippen LogP contribution >= 0.6 is 0 Å². The first-order chi connectivity index (χ1) is 12.2. The van der Waals surface area contributed by atoms with Gasteiger partial charge in [-0.3, -0.25) is 14.5 Å². The molecule has 6 nitrogen and oxygen atoms in total. The number of hydrogen-bond acceptors (Lipinski definition) is 4. The molecule has 0 bridgehead atoms. The van der Waals surface area contributed by atoms with Gasteiger partial charge in [-0.1, -0.05) is 6.92 Å². The van der Waals surface area contributed by atoms with Gasteiger partial charge >= 0.3 is 0 Å². The Balaban J connectivity index is 2.20. The van der Waals surface area contributed by atoms with Crippen molar-refractivity contribution in [2.75, 3.05) is 15.8 Å². The smallest absolute Gasteiger partial charge is 0.232 e. The normalized spacial score (nSPS) is 11.2. The van der Waals surface area contributed by atoms with Crippen molar-refractivity contribution in [2.45, 2.75) is 26.7 Å². The van der Waals surface area contributed by atoms with Gasteiger partial charge in [0.2, 0.25) is 15.9 Å². The molecule has 0 aliphatic carbocycles. The molecule has 0 fully saturated rings. The van der Waals surface area contributed by atoms with E-state index in [0.717, 1.165) is 11.6 Å². The molecule has 0 saturated carbocycles. The van der Waals surface area contributed by atoms with E-state index in [1.807, 2.05) is 6.92 Å². The Morgan fingerprint density at radius 1 is 1.19 bits per heavy atom. The third kappa shape index (κ3) is 5.22. The Hall–Kier alpha value is -2.55. The maximum Gasteiger partial charge on any atom is 0.232 e. The van der Waals surface area contributed by atoms with Gasteiger partial charge in [-0.05, 0) is 36.6 Å². The zero-order valence-electron chi connectivity index (χ0n) is 14.3. The van der Waals surface area contributed by atoms with Gasteiger partial charge in [0, 0.05) is 18.5 Å². The maximum atomic E-state index is 13.9. The van der Waals surface area contributed by atoms with Crippen molar-refractivity contribution >= 4 is 27.3 Å². The van der Waals surface area contributed by atoms with Gasteiger partial charge in [-0.15, -0.1) is 0 Å². The SMILES string of the molecule is CCCS(=O)(=O)Nc1cc(NC(=O)Cc2cnccc2C)c(F)cc1F. The minimum Gasteiger partial charge on any atom is -0.323 e. The minimum atomic E-state index is -3.75. The lowest BCUT2D eigenvalue weighted by molar-refractivity contribution is -0.115. The number of rotatable bonds is 7. The summed E-state index contributed by atoms with van der Waals surface area (Å²) in [6.45, 7) is 3.47. The van der Waals surface area contributed by atoms with E-state index in [0.29, 0.717) is 18.1 Å². The van der Waals surface area contributed by atoms with Crippen LogP contribution in [-0.2, 0) is 21.2 Å². The quantitative estimate of drug-likeness (QED) is 0.769. The van der Waals surface area contributed by atoms with Crippen LogP contribution in [0.25, 0.3) is 0 Å². The van der Waals surface area contributed by atoms with Crippen LogP contribution < -0.4 is 10.0 Å². The van der Waals surface area contributed by atoms with Crippen LogP contribution in [0.15, 0.2) is 30.6 Å². The van der Waals surface area contributed by atoms with Crippen molar-refractivity contribution in [3.63, 3.8) is 0 Å². The largest absolute Gasteiger partial charge is 0.323 e. The molecule has 1 amide bonds. The molecule has 2 rings (SSSR count). The van der Waals surface area contributed by atoms with Crippen LogP contribution in [-0.4, -0.2) is 25.1 Å². The summed E-state index contributed by atoms with van der Waals surface area (Å²) in [5.74, 6) is -2.80. The van der Waals surface area contributed by atoms with Crippen LogP contribution in [0.1, 0.15) is 24.5 Å². The number of pyridine rings is 1. The van der Waals surface area contributed by atoms with Crippen molar-refractivity contribution in [2.24, 2.45) is 0 Å². The van der Waals surface area contributed by atoms with E-state index in [9.17, 15) is 22.0 Å². The van der Waals surface area contributed by atoms with Crippen LogP contribution in [0.5, 0.6) is 0 Å². The van der Waals surface area contributed by atoms with E-state index in [-0.39, 0.29) is 17.9 Å². The Morgan fingerprint density at radius 3 is 2.54 bits per heavy atom. The number of carbonyl (C=O) groups is 1. The van der Waals surface area contributed by atoms with E-state index in [2.05, 4.69) is 15.0 Å². The number of anilines is 2. The Kier molecular flexibility index (Phi) is 6.25. The predicted molar refractivity (Wildman–Crippen MR) is 95.4 cm³/mol. The lowest BCUT2D eigenvalue weighted by Crippen LogP contribution is -2.19. The number of aryl methyl sites for hydroxylation is 1. The summed E-state index contributed by atoms with van der Waals surface area (Å²) in [4.78, 5) is 16.1. The van der Waals surface area contributed by atoms with Crippen LogP contribution in [0, 0.1) is 18.6 Å². The second-order valence-corrected chi connectivity index (χ2v) is 7.60. The molecule has 2 aromatic rings. The Labute approximate surface area is 150 Å². The summed E-state index contributed by atoms with van der Waals surface area (Å²) < 4.78 is 53.4. The molecule has 0 radical (unpaired) electrons. The van der Waals surface area contributed by atoms with Crippen molar-refractivity contribution in [3.05, 3.63) is 53.4 Å². The average molecular weight is 383 g/mol. The topological polar surface area (TPSA) is 88.2 Å². The molecule has 1 aromatic heterocycles. The Bertz CT molecular complexity index is 917. The lowest BCUT2D eigenvalue weighted by Gasteiger charge is -2.12. The monoisotopic (exact) mass is 383 g/mol. The predicted octanol–water partition coefficient (Wildman–Crippen LogP) is 3.00. The van der Waals surface area contributed by atoms with Crippen LogP contribution in [0.4, 0.5) is 20.2 Å². The van der Waals surface area contributed by atoms with Gasteiger partial charge in [0.15, 0.2) is 0 Å². The van der Waals surface area contributed by atoms with Gasteiger partial charge in [-0.2, -0.15) is 0 Å². The molecule has 0 atom stereocenters. The van der Waals surface area contributed by atoms with Gasteiger partial charge < -0.3 is 5.32 Å². The third-order valence-electron chi connectivity index (χ3n) is 3.57. The molecule has 0 saturated heterocycles. The summed E-state index contributed by atoms with van der Waals surface area (Å²) in [6.07, 6.45) is 3.41. The standard InChI is InChI=1S/C17H19F2N3O3S/c1-3-6-26(24,25)22-16-9-15(13(18)8-14(16)19)21-17(23)7-12-10-20-5-4-11(12)2/h4-5,8-10,22H,3,6-7H2,1-2H3,(H,21,23). The number of hydrogen-bond donors (Lipinski definition) is 2. The first kappa shape index (κ1) is 19.8. The minimum absolute atomic E-state index is 0.0482. The number of nitrogens with zero attached hydrogens (tertiary/aromatic N) is 1. The van der Waals surface area contributed by atoms with Crippen LogP contribution in [0.2, 0.25) is 0 Å². The lowest BCUT2D eigenvalue weighted by atomic mass is 10.1. The highest BCUT2D eigenvalue weighted by Gasteiger charge is 2.17. The van der Waals surface area contributed by atoms with Gasteiger partial charge in [0.05, 0.1) is 23.5 Å². The molecular weight excluding hydrogens is 364 g/mol. The molecule has 0 unspecified atom stereocenters. The molecule has 0 spiro atoms. The van der Waals surface area contributed by atoms with E-state index in [1.165, 1.54) is 6.20 Å². The molecule has 0 aliphatic heterocycles. The summed E-state index contributed by atoms with van der Waals surface area (Å²) in [6, 6.07) is 3.18. The first-order valence-corrected chi connectivity index (χ1v) is 9.56. The number of nitrogens with one attached hydrogen (secondary N) is 2. The molecular formula is C17H19F2N3O3S. The number of benzene rings is 1. The van der Waals surface area contributed by atoms with E-state index < -0.39 is 33.3 Å². The fraction of sp³-hybridized carbons (Fsp3) is 0.294. The molecule has 9 heteroatoms. The average Bonchev–Trinajstić information content (AvgIpc) is 2.54. The Morgan fingerprint density at radius 2 is 1.88 bits per heavy atom. The van der Waals surface area contributed by atoms with E-state index in [4.69, 9.17) is 0 Å². The second-order valence-electron chi connectivity index (χ2n) is 5.76. The molecule has 0 aliphatic rings. The van der Waals surface area contributed by atoms with Crippen molar-refractivity contribution < 1.29 is 22.0 Å². The molecule has 2 N–H and O–H groups in total. The number of carbonyl (C=O) groups excluding carboxylic acids is 1. The fourth-order valence-corrected chi connectivity index (χ4v) is 3.39. The van der Waals surface area contributed by atoms with Gasteiger partial charge in [0.25, 0.3) is 0 Å². The maximum absolute atomic E-state index is 13.9. The fourth-order valence-electron chi connectivity index (χ4n) is 2.26. The molecule has 1 heterocycles. The van der Waals surface area contributed by atoms with E-state index >= 15 is 0 Å². The highest BCUT2D eigenvalue weighted by molar-refractivity contribution is 7.92. The zero-order chi connectivity index (χ0) is 19.3. The third-order valence-corrected chi connectivity index (χ3v) is 5.04. The number of sulfonamides is 1. The van der Waals surface area contributed by atoms with Crippen molar-refractivity contribution in [3.8, 4) is 0 Å². The first-order valence-electron chi connectivity index (χ1n) is 7.90. The summed E-state index contributed by atoms with van der Waals surface area (Å²) in [5.41, 5.74) is 0.777. The molecule has 1 aromatic carbocycles. The number of aromatic nitrogens is 1.